The molecular weight excluding hydrogens is 343 g/mol. The molecule has 124 valence electrons. The Morgan fingerprint density at radius 3 is 2.67 bits per heavy atom. The maximum atomic E-state index is 12.3. The number of halogens is 2. The molecule has 1 N–H and O–H groups in total. The highest BCUT2D eigenvalue weighted by atomic mass is 35.5. The summed E-state index contributed by atoms with van der Waals surface area (Å²) in [4.78, 5) is 12.3. The summed E-state index contributed by atoms with van der Waals surface area (Å²) in [5, 5.41) is 4.94. The van der Waals surface area contributed by atoms with Crippen LogP contribution in [0.5, 0.6) is 0 Å². The highest BCUT2D eigenvalue weighted by molar-refractivity contribution is 6.35. The Kier molecular flexibility index (Phi) is 4.83. The van der Waals surface area contributed by atoms with Gasteiger partial charge in [0.15, 0.2) is 0 Å². The average molecular weight is 361 g/mol. The highest BCUT2D eigenvalue weighted by Gasteiger charge is 2.10. The van der Waals surface area contributed by atoms with E-state index in [2.05, 4.69) is 37.4 Å². The number of benzene rings is 2. The third-order valence-corrected chi connectivity index (χ3v) is 4.54. The van der Waals surface area contributed by atoms with Gasteiger partial charge < -0.3 is 9.88 Å². The Labute approximate surface area is 151 Å². The van der Waals surface area contributed by atoms with E-state index < -0.39 is 0 Å². The minimum Gasteiger partial charge on any atom is -0.338 e. The van der Waals surface area contributed by atoms with Gasteiger partial charge in [-0.1, -0.05) is 43.1 Å². The van der Waals surface area contributed by atoms with Crippen molar-refractivity contribution < 1.29 is 4.79 Å². The van der Waals surface area contributed by atoms with E-state index in [0.29, 0.717) is 21.7 Å². The summed E-state index contributed by atoms with van der Waals surface area (Å²) < 4.78 is 1.92. The molecule has 0 unspecified atom stereocenters. The standard InChI is InChI=1S/C19H18Cl2N2O/c1-12(2)13-3-6-18-14(9-13)7-8-23(18)11-19(24)22-17-10-15(20)4-5-16(17)21/h3-10,12H,11H2,1-2H3,(H,22,24). The van der Waals surface area contributed by atoms with Crippen LogP contribution in [0.3, 0.4) is 0 Å². The third kappa shape index (κ3) is 3.58. The largest absolute Gasteiger partial charge is 0.338 e. The number of anilines is 1. The van der Waals surface area contributed by atoms with Gasteiger partial charge in [0.05, 0.1) is 10.7 Å². The maximum Gasteiger partial charge on any atom is 0.244 e. The fraction of sp³-hybridized carbons (Fsp3) is 0.211. The molecule has 5 heteroatoms. The molecular formula is C19H18Cl2N2O. The number of aromatic nitrogens is 1. The first-order valence-corrected chi connectivity index (χ1v) is 8.53. The van der Waals surface area contributed by atoms with Gasteiger partial charge in [0, 0.05) is 16.7 Å². The molecule has 2 aromatic carbocycles. The van der Waals surface area contributed by atoms with E-state index in [4.69, 9.17) is 23.2 Å². The molecule has 1 heterocycles. The fourth-order valence-corrected chi connectivity index (χ4v) is 2.99. The van der Waals surface area contributed by atoms with Gasteiger partial charge in [0.1, 0.15) is 6.54 Å². The molecule has 0 aliphatic carbocycles. The van der Waals surface area contributed by atoms with Gasteiger partial charge >= 0.3 is 0 Å². The van der Waals surface area contributed by atoms with Crippen LogP contribution in [0.15, 0.2) is 48.7 Å². The SMILES string of the molecule is CC(C)c1ccc2c(ccn2CC(=O)Nc2cc(Cl)ccc2Cl)c1. The topological polar surface area (TPSA) is 34.0 Å². The second kappa shape index (κ2) is 6.88. The quantitative estimate of drug-likeness (QED) is 0.634. The van der Waals surface area contributed by atoms with Crippen molar-refractivity contribution in [3.63, 3.8) is 0 Å². The van der Waals surface area contributed by atoms with Crippen molar-refractivity contribution in [2.45, 2.75) is 26.3 Å². The lowest BCUT2D eigenvalue weighted by molar-refractivity contribution is -0.116. The lowest BCUT2D eigenvalue weighted by atomic mass is 10.0. The van der Waals surface area contributed by atoms with Crippen LogP contribution in [0, 0.1) is 0 Å². The van der Waals surface area contributed by atoms with Crippen molar-refractivity contribution in [2.24, 2.45) is 0 Å². The fourth-order valence-electron chi connectivity index (χ4n) is 2.65. The van der Waals surface area contributed by atoms with Gasteiger partial charge in [0.25, 0.3) is 0 Å². The molecule has 0 radical (unpaired) electrons. The zero-order chi connectivity index (χ0) is 17.3. The van der Waals surface area contributed by atoms with Crippen molar-refractivity contribution >= 4 is 45.7 Å². The Hall–Kier alpha value is -1.97. The Morgan fingerprint density at radius 2 is 1.92 bits per heavy atom. The van der Waals surface area contributed by atoms with Crippen LogP contribution in [-0.4, -0.2) is 10.5 Å². The van der Waals surface area contributed by atoms with Crippen LogP contribution in [0.25, 0.3) is 10.9 Å². The Morgan fingerprint density at radius 1 is 1.12 bits per heavy atom. The lowest BCUT2D eigenvalue weighted by Crippen LogP contribution is -2.18. The van der Waals surface area contributed by atoms with Crippen molar-refractivity contribution in [2.75, 3.05) is 5.32 Å². The molecule has 0 aliphatic heterocycles. The molecule has 0 fully saturated rings. The zero-order valence-corrected chi connectivity index (χ0v) is 15.0. The number of amides is 1. The number of nitrogens with one attached hydrogen (secondary N) is 1. The smallest absolute Gasteiger partial charge is 0.244 e. The van der Waals surface area contributed by atoms with Gasteiger partial charge in [-0.3, -0.25) is 4.79 Å². The van der Waals surface area contributed by atoms with Crippen LogP contribution in [0.4, 0.5) is 5.69 Å². The summed E-state index contributed by atoms with van der Waals surface area (Å²) in [7, 11) is 0. The molecule has 3 aromatic rings. The first-order chi connectivity index (χ1) is 11.4. The van der Waals surface area contributed by atoms with Gasteiger partial charge in [-0.25, -0.2) is 0 Å². The third-order valence-electron chi connectivity index (χ3n) is 3.98. The van der Waals surface area contributed by atoms with Crippen molar-refractivity contribution in [1.29, 1.82) is 0 Å². The first kappa shape index (κ1) is 16.9. The number of nitrogens with zero attached hydrogens (tertiary/aromatic N) is 1. The van der Waals surface area contributed by atoms with Crippen molar-refractivity contribution in [3.05, 3.63) is 64.3 Å². The summed E-state index contributed by atoms with van der Waals surface area (Å²) in [6.45, 7) is 4.55. The monoisotopic (exact) mass is 360 g/mol. The molecule has 24 heavy (non-hydrogen) atoms. The van der Waals surface area contributed by atoms with Gasteiger partial charge in [-0.2, -0.15) is 0 Å². The van der Waals surface area contributed by atoms with E-state index in [0.717, 1.165) is 10.9 Å². The second-order valence-electron chi connectivity index (χ2n) is 6.09. The molecule has 3 rings (SSSR count). The summed E-state index contributed by atoms with van der Waals surface area (Å²) in [5.74, 6) is 0.329. The molecule has 0 saturated carbocycles. The molecule has 0 saturated heterocycles. The van der Waals surface area contributed by atoms with E-state index in [9.17, 15) is 4.79 Å². The zero-order valence-electron chi connectivity index (χ0n) is 13.5. The number of rotatable bonds is 4. The molecule has 1 aromatic heterocycles. The average Bonchev–Trinajstić information content (AvgIpc) is 2.93. The normalized spacial score (nSPS) is 11.2. The maximum absolute atomic E-state index is 12.3. The van der Waals surface area contributed by atoms with Crippen LogP contribution >= 0.6 is 23.2 Å². The van der Waals surface area contributed by atoms with E-state index in [1.54, 1.807) is 18.2 Å². The number of carbonyl (C=O) groups is 1. The summed E-state index contributed by atoms with van der Waals surface area (Å²) >= 11 is 12.0. The lowest BCUT2D eigenvalue weighted by Gasteiger charge is -2.10. The minimum absolute atomic E-state index is 0.149. The van der Waals surface area contributed by atoms with Crippen LogP contribution in [0.1, 0.15) is 25.3 Å². The van der Waals surface area contributed by atoms with E-state index in [1.807, 2.05) is 16.8 Å². The molecule has 0 spiro atoms. The molecule has 0 aliphatic rings. The van der Waals surface area contributed by atoms with Gasteiger partial charge in [-0.15, -0.1) is 0 Å². The number of fused-ring (bicyclic) bond motifs is 1. The van der Waals surface area contributed by atoms with Gasteiger partial charge in [0.2, 0.25) is 5.91 Å². The Balaban J connectivity index is 1.79. The van der Waals surface area contributed by atoms with Crippen molar-refractivity contribution in [3.8, 4) is 0 Å². The van der Waals surface area contributed by atoms with E-state index >= 15 is 0 Å². The Bertz CT molecular complexity index is 900. The molecule has 3 nitrogen and oxygen atoms in total. The van der Waals surface area contributed by atoms with Crippen molar-refractivity contribution in [1.82, 2.24) is 4.57 Å². The number of hydrogen-bond acceptors (Lipinski definition) is 1. The first-order valence-electron chi connectivity index (χ1n) is 7.78. The molecule has 0 atom stereocenters. The minimum atomic E-state index is -0.149. The van der Waals surface area contributed by atoms with Gasteiger partial charge in [-0.05, 0) is 53.3 Å². The summed E-state index contributed by atoms with van der Waals surface area (Å²) in [6, 6.07) is 13.4. The van der Waals surface area contributed by atoms with Crippen LogP contribution in [-0.2, 0) is 11.3 Å². The van der Waals surface area contributed by atoms with E-state index in [-0.39, 0.29) is 12.5 Å². The highest BCUT2D eigenvalue weighted by Crippen LogP contribution is 2.26. The molecule has 0 bridgehead atoms. The van der Waals surface area contributed by atoms with Crippen LogP contribution in [0.2, 0.25) is 10.0 Å². The van der Waals surface area contributed by atoms with E-state index in [1.165, 1.54) is 5.56 Å². The predicted molar refractivity (Wildman–Crippen MR) is 101 cm³/mol. The summed E-state index contributed by atoms with van der Waals surface area (Å²) in [6.07, 6.45) is 1.92. The number of hydrogen-bond donors (Lipinski definition) is 1. The second-order valence-corrected chi connectivity index (χ2v) is 6.93. The summed E-state index contributed by atoms with van der Waals surface area (Å²) in [5.41, 5.74) is 2.84. The number of carbonyl (C=O) groups excluding carboxylic acids is 1. The molecule has 1 amide bonds. The predicted octanol–water partition coefficient (Wildman–Crippen LogP) is 5.71. The van der Waals surface area contributed by atoms with Crippen LogP contribution < -0.4 is 5.32 Å².